The molecule has 39 heavy (non-hydrogen) atoms. The van der Waals surface area contributed by atoms with Crippen molar-refractivity contribution in [3.63, 3.8) is 0 Å². The van der Waals surface area contributed by atoms with Gasteiger partial charge in [-0.1, -0.05) is 67.8 Å². The third-order valence-corrected chi connectivity index (χ3v) is 8.76. The molecule has 3 aromatic rings. The van der Waals surface area contributed by atoms with E-state index in [-0.39, 0.29) is 30.3 Å². The van der Waals surface area contributed by atoms with E-state index in [1.807, 2.05) is 77.7 Å². The number of hydrogen-bond acceptors (Lipinski definition) is 4. The summed E-state index contributed by atoms with van der Waals surface area (Å²) in [6, 6.07) is 24.0. The van der Waals surface area contributed by atoms with Crippen LogP contribution in [0.25, 0.3) is 10.8 Å². The van der Waals surface area contributed by atoms with Crippen LogP contribution in [0.1, 0.15) is 55.3 Å². The van der Waals surface area contributed by atoms with Gasteiger partial charge in [0.1, 0.15) is 12.1 Å². The number of fused-ring (bicyclic) bond motifs is 1. The highest BCUT2D eigenvalue weighted by Gasteiger charge is 2.54. The van der Waals surface area contributed by atoms with E-state index < -0.39 is 5.54 Å². The molecule has 3 amide bonds. The second-order valence-corrected chi connectivity index (χ2v) is 11.2. The number of anilines is 1. The van der Waals surface area contributed by atoms with Crippen LogP contribution in [0.2, 0.25) is 0 Å². The van der Waals surface area contributed by atoms with Gasteiger partial charge in [0, 0.05) is 30.4 Å². The average Bonchev–Trinajstić information content (AvgIpc) is 3.24. The monoisotopic (exact) mass is 524 g/mol. The van der Waals surface area contributed by atoms with E-state index in [0.29, 0.717) is 38.2 Å². The highest BCUT2D eigenvalue weighted by atomic mass is 16.2. The maximum atomic E-state index is 14.0. The fourth-order valence-corrected chi connectivity index (χ4v) is 6.60. The molecule has 2 heterocycles. The molecular weight excluding hydrogens is 488 g/mol. The number of carbonyl (C=O) groups is 3. The van der Waals surface area contributed by atoms with E-state index in [1.54, 1.807) is 4.90 Å². The highest BCUT2D eigenvalue weighted by molar-refractivity contribution is 6.00. The largest absolute Gasteiger partial charge is 0.352 e. The molecule has 1 aliphatic carbocycles. The second kappa shape index (κ2) is 10.7. The van der Waals surface area contributed by atoms with E-state index in [1.165, 1.54) is 6.42 Å². The lowest BCUT2D eigenvalue weighted by Gasteiger charge is -2.43. The fourth-order valence-electron chi connectivity index (χ4n) is 6.60. The van der Waals surface area contributed by atoms with E-state index in [9.17, 15) is 14.4 Å². The third-order valence-electron chi connectivity index (χ3n) is 8.76. The first-order valence-corrected chi connectivity index (χ1v) is 14.2. The Morgan fingerprint density at radius 2 is 1.54 bits per heavy atom. The summed E-state index contributed by atoms with van der Waals surface area (Å²) in [6.45, 7) is 1.42. The number of piperidine rings is 1. The van der Waals surface area contributed by atoms with Gasteiger partial charge in [-0.15, -0.1) is 0 Å². The van der Waals surface area contributed by atoms with Crippen LogP contribution in [0.4, 0.5) is 5.69 Å². The lowest BCUT2D eigenvalue weighted by molar-refractivity contribution is -0.137. The topological polar surface area (TPSA) is 73.0 Å². The first-order chi connectivity index (χ1) is 19.0. The molecule has 3 aromatic carbocycles. The lowest BCUT2D eigenvalue weighted by Crippen LogP contribution is -2.57. The molecule has 1 spiro atoms. The van der Waals surface area contributed by atoms with Gasteiger partial charge in [0.25, 0.3) is 11.8 Å². The van der Waals surface area contributed by atoms with Crippen molar-refractivity contribution >= 4 is 34.2 Å². The van der Waals surface area contributed by atoms with E-state index in [4.69, 9.17) is 0 Å². The average molecular weight is 525 g/mol. The van der Waals surface area contributed by atoms with Crippen molar-refractivity contribution in [1.82, 2.24) is 15.1 Å². The number of nitrogens with one attached hydrogen (secondary N) is 1. The van der Waals surface area contributed by atoms with Crippen LogP contribution in [0.15, 0.2) is 72.8 Å². The minimum absolute atomic E-state index is 0.00368. The molecule has 7 nitrogen and oxygen atoms in total. The van der Waals surface area contributed by atoms with Crippen LogP contribution in [0, 0.1) is 0 Å². The van der Waals surface area contributed by atoms with Gasteiger partial charge >= 0.3 is 0 Å². The third kappa shape index (κ3) is 4.98. The van der Waals surface area contributed by atoms with Crippen molar-refractivity contribution < 1.29 is 14.4 Å². The number of benzene rings is 3. The number of rotatable bonds is 5. The normalized spacial score (nSPS) is 19.6. The van der Waals surface area contributed by atoms with Crippen molar-refractivity contribution in [2.45, 2.75) is 56.5 Å². The molecule has 0 unspecified atom stereocenters. The Balaban J connectivity index is 1.18. The predicted octanol–water partition coefficient (Wildman–Crippen LogP) is 4.57. The first kappa shape index (κ1) is 25.4. The number of para-hydroxylation sites is 1. The van der Waals surface area contributed by atoms with Crippen molar-refractivity contribution in [3.8, 4) is 0 Å². The van der Waals surface area contributed by atoms with Crippen LogP contribution >= 0.6 is 0 Å². The maximum Gasteiger partial charge on any atom is 0.253 e. The van der Waals surface area contributed by atoms with Gasteiger partial charge in [-0.05, 0) is 60.7 Å². The summed E-state index contributed by atoms with van der Waals surface area (Å²) in [7, 11) is 0. The standard InChI is InChI=1S/C32H36N4O3/c37-29(33-27-11-3-1-4-12-27)22-35-23-36(28-13-5-2-6-14-28)32(31(35)39)17-19-34(20-18-32)30(38)26-16-15-24-9-7-8-10-25(24)21-26/h2,5-10,13-16,21,27H,1,3-4,11-12,17-20,22-23H2,(H,33,37). The van der Waals surface area contributed by atoms with Gasteiger partial charge < -0.3 is 20.0 Å². The number of nitrogens with zero attached hydrogens (tertiary/aromatic N) is 3. The molecular formula is C32H36N4O3. The summed E-state index contributed by atoms with van der Waals surface area (Å²) in [5.74, 6) is -0.0943. The Morgan fingerprint density at radius 3 is 2.28 bits per heavy atom. The summed E-state index contributed by atoms with van der Waals surface area (Å²) >= 11 is 0. The maximum absolute atomic E-state index is 14.0. The molecule has 3 aliphatic rings. The minimum Gasteiger partial charge on any atom is -0.352 e. The molecule has 2 saturated heterocycles. The van der Waals surface area contributed by atoms with E-state index in [2.05, 4.69) is 10.2 Å². The fraction of sp³-hybridized carbons (Fsp3) is 0.406. The van der Waals surface area contributed by atoms with Gasteiger partial charge in [-0.25, -0.2) is 0 Å². The number of carbonyl (C=O) groups excluding carboxylic acids is 3. The summed E-state index contributed by atoms with van der Waals surface area (Å²) in [5.41, 5.74) is 0.880. The highest BCUT2D eigenvalue weighted by Crippen LogP contribution is 2.39. The van der Waals surface area contributed by atoms with Crippen LogP contribution in [0.3, 0.4) is 0 Å². The van der Waals surface area contributed by atoms with E-state index >= 15 is 0 Å². The van der Waals surface area contributed by atoms with Crippen molar-refractivity contribution in [3.05, 3.63) is 78.4 Å². The molecule has 1 N–H and O–H groups in total. The SMILES string of the molecule is O=C(CN1CN(c2ccccc2)C2(CCN(C(=O)c3ccc4ccccc4c3)CC2)C1=O)NC1CCCCC1. The quantitative estimate of drug-likeness (QED) is 0.531. The molecule has 2 aliphatic heterocycles. The molecule has 202 valence electrons. The van der Waals surface area contributed by atoms with Crippen molar-refractivity contribution in [2.24, 2.45) is 0 Å². The smallest absolute Gasteiger partial charge is 0.253 e. The molecule has 0 bridgehead atoms. The Kier molecular flexibility index (Phi) is 6.98. The Labute approximate surface area is 229 Å². The van der Waals surface area contributed by atoms with Crippen molar-refractivity contribution in [1.29, 1.82) is 0 Å². The Bertz CT molecular complexity index is 1360. The zero-order valence-electron chi connectivity index (χ0n) is 22.4. The van der Waals surface area contributed by atoms with Gasteiger partial charge in [0.2, 0.25) is 5.91 Å². The summed E-state index contributed by atoms with van der Waals surface area (Å²) in [6.07, 6.45) is 6.61. The summed E-state index contributed by atoms with van der Waals surface area (Å²) in [4.78, 5) is 46.1. The van der Waals surface area contributed by atoms with Crippen LogP contribution in [0.5, 0.6) is 0 Å². The summed E-state index contributed by atoms with van der Waals surface area (Å²) in [5, 5.41) is 5.31. The Hall–Kier alpha value is -3.87. The lowest BCUT2D eigenvalue weighted by atomic mass is 9.85. The molecule has 3 fully saturated rings. The van der Waals surface area contributed by atoms with Crippen LogP contribution in [-0.2, 0) is 9.59 Å². The van der Waals surface area contributed by atoms with E-state index in [0.717, 1.165) is 42.1 Å². The molecule has 1 saturated carbocycles. The molecule has 7 heteroatoms. The first-order valence-electron chi connectivity index (χ1n) is 14.2. The zero-order chi connectivity index (χ0) is 26.8. The van der Waals surface area contributed by atoms with Crippen LogP contribution < -0.4 is 10.2 Å². The van der Waals surface area contributed by atoms with Crippen molar-refractivity contribution in [2.75, 3.05) is 31.2 Å². The van der Waals surface area contributed by atoms with Gasteiger partial charge in [-0.2, -0.15) is 0 Å². The molecule has 0 radical (unpaired) electrons. The van der Waals surface area contributed by atoms with Gasteiger partial charge in [0.05, 0.1) is 6.67 Å². The number of likely N-dealkylation sites (tertiary alicyclic amines) is 1. The zero-order valence-corrected chi connectivity index (χ0v) is 22.4. The van der Waals surface area contributed by atoms with Gasteiger partial charge in [0.15, 0.2) is 0 Å². The Morgan fingerprint density at radius 1 is 0.846 bits per heavy atom. The second-order valence-electron chi connectivity index (χ2n) is 11.2. The number of hydrogen-bond donors (Lipinski definition) is 1. The number of amides is 3. The van der Waals surface area contributed by atoms with Crippen LogP contribution in [-0.4, -0.2) is 65.4 Å². The molecule has 0 atom stereocenters. The summed E-state index contributed by atoms with van der Waals surface area (Å²) < 4.78 is 0. The predicted molar refractivity (Wildman–Crippen MR) is 152 cm³/mol. The molecule has 0 aromatic heterocycles. The van der Waals surface area contributed by atoms with Gasteiger partial charge in [-0.3, -0.25) is 14.4 Å². The minimum atomic E-state index is -0.757. The molecule has 6 rings (SSSR count).